The number of aromatic nitrogens is 3. The van der Waals surface area contributed by atoms with Gasteiger partial charge in [-0.25, -0.2) is 4.98 Å². The van der Waals surface area contributed by atoms with Crippen molar-refractivity contribution < 1.29 is 20.1 Å². The zero-order chi connectivity index (χ0) is 19.6. The first-order chi connectivity index (χ1) is 13.5. The third kappa shape index (κ3) is 2.92. The largest absolute Gasteiger partial charge is 0.394 e. The summed E-state index contributed by atoms with van der Waals surface area (Å²) in [5, 5.41) is 35.0. The molecule has 0 spiro atoms. The molecule has 0 amide bonds. The molecule has 2 aliphatic rings. The van der Waals surface area contributed by atoms with Crippen LogP contribution in [0.2, 0.25) is 10.0 Å². The van der Waals surface area contributed by atoms with Crippen molar-refractivity contribution in [3.8, 4) is 0 Å². The number of ether oxygens (including phenoxy) is 1. The zero-order valence-electron chi connectivity index (χ0n) is 14.6. The molecule has 0 unspecified atom stereocenters. The summed E-state index contributed by atoms with van der Waals surface area (Å²) in [4.78, 5) is 9.16. The average Bonchev–Trinajstić information content (AvgIpc) is 3.36. The van der Waals surface area contributed by atoms with E-state index >= 15 is 0 Å². The summed E-state index contributed by atoms with van der Waals surface area (Å²) in [6.07, 6.45) is -2.17. The highest BCUT2D eigenvalue weighted by molar-refractivity contribution is 6.42. The van der Waals surface area contributed by atoms with E-state index in [-0.39, 0.29) is 0 Å². The Balaban J connectivity index is 1.70. The highest BCUT2D eigenvalue weighted by atomic mass is 35.5. The van der Waals surface area contributed by atoms with Crippen LogP contribution in [0, 0.1) is 0 Å². The number of aliphatic hydroxyl groups excluding tert-OH is 3. The number of hydrogen-bond donors (Lipinski definition) is 4. The fourth-order valence-corrected chi connectivity index (χ4v) is 3.87. The zero-order valence-corrected chi connectivity index (χ0v) is 16.1. The fraction of sp³-hybridized carbons (Fsp3) is 0.444. The van der Waals surface area contributed by atoms with Gasteiger partial charge in [-0.15, -0.1) is 0 Å². The van der Waals surface area contributed by atoms with Gasteiger partial charge in [0.05, 0.1) is 27.7 Å². The standard InChI is InChI=1S/C18H18Cl2N4O4/c19-9-3-7-4-12-16(22-11(7)5-10(9)20)23-18(21-8-1-2-8)24(12)17-15(27)14(26)13(6-25)28-17/h3-5,8,13-15,17,25-27H,1-2,6H2,(H,21,22,23)/t13-,14-,15-,17-/m1/s1. The third-order valence-corrected chi connectivity index (χ3v) is 5.92. The molecule has 1 aromatic carbocycles. The predicted octanol–water partition coefficient (Wildman–Crippen LogP) is 2.08. The van der Waals surface area contributed by atoms with Crippen LogP contribution in [0.1, 0.15) is 19.1 Å². The molecule has 148 valence electrons. The van der Waals surface area contributed by atoms with E-state index in [1.165, 1.54) is 0 Å². The molecule has 8 nitrogen and oxygen atoms in total. The van der Waals surface area contributed by atoms with E-state index in [0.717, 1.165) is 18.2 Å². The summed E-state index contributed by atoms with van der Waals surface area (Å²) >= 11 is 12.3. The van der Waals surface area contributed by atoms with Gasteiger partial charge in [0.1, 0.15) is 18.3 Å². The molecule has 1 aliphatic heterocycles. The van der Waals surface area contributed by atoms with Crippen LogP contribution in [0.25, 0.3) is 22.1 Å². The summed E-state index contributed by atoms with van der Waals surface area (Å²) in [7, 11) is 0. The van der Waals surface area contributed by atoms with Crippen LogP contribution in [0.3, 0.4) is 0 Å². The lowest BCUT2D eigenvalue weighted by Gasteiger charge is -2.20. The normalized spacial score (nSPS) is 27.8. The Kier molecular flexibility index (Phi) is 4.38. The van der Waals surface area contributed by atoms with Crippen LogP contribution in [0.15, 0.2) is 18.2 Å². The number of halogens is 2. The van der Waals surface area contributed by atoms with E-state index in [4.69, 9.17) is 27.9 Å². The van der Waals surface area contributed by atoms with Gasteiger partial charge < -0.3 is 25.4 Å². The van der Waals surface area contributed by atoms with E-state index < -0.39 is 31.1 Å². The summed E-state index contributed by atoms with van der Waals surface area (Å²) in [6.45, 7) is -0.401. The van der Waals surface area contributed by atoms with Gasteiger partial charge >= 0.3 is 0 Å². The molecule has 5 rings (SSSR count). The lowest BCUT2D eigenvalue weighted by atomic mass is 10.1. The van der Waals surface area contributed by atoms with Crippen LogP contribution in [0.4, 0.5) is 5.95 Å². The molecule has 28 heavy (non-hydrogen) atoms. The van der Waals surface area contributed by atoms with E-state index in [2.05, 4.69) is 15.3 Å². The van der Waals surface area contributed by atoms with Gasteiger partial charge in [0.15, 0.2) is 11.9 Å². The summed E-state index contributed by atoms with van der Waals surface area (Å²) in [5.41, 5.74) is 1.71. The first-order valence-electron chi connectivity index (χ1n) is 9.03. The van der Waals surface area contributed by atoms with Crippen LogP contribution >= 0.6 is 23.2 Å². The Bertz CT molecular complexity index is 1070. The molecular weight excluding hydrogens is 407 g/mol. The van der Waals surface area contributed by atoms with Crippen molar-refractivity contribution >= 4 is 51.2 Å². The highest BCUT2D eigenvalue weighted by Gasteiger charge is 2.45. The smallest absolute Gasteiger partial charge is 0.207 e. The van der Waals surface area contributed by atoms with Crippen molar-refractivity contribution in [1.29, 1.82) is 0 Å². The second-order valence-corrected chi connectivity index (χ2v) is 8.06. The number of hydrogen-bond acceptors (Lipinski definition) is 7. The van der Waals surface area contributed by atoms with Crippen molar-refractivity contribution in [3.05, 3.63) is 28.2 Å². The first-order valence-corrected chi connectivity index (χ1v) is 9.78. The van der Waals surface area contributed by atoms with Gasteiger partial charge in [0.2, 0.25) is 5.95 Å². The quantitative estimate of drug-likeness (QED) is 0.506. The molecule has 0 radical (unpaired) electrons. The molecule has 3 aromatic rings. The second kappa shape index (κ2) is 6.69. The van der Waals surface area contributed by atoms with Crippen LogP contribution in [-0.2, 0) is 4.74 Å². The molecule has 0 bridgehead atoms. The Labute approximate surface area is 169 Å². The Morgan fingerprint density at radius 3 is 2.54 bits per heavy atom. The van der Waals surface area contributed by atoms with Gasteiger partial charge in [-0.1, -0.05) is 23.2 Å². The maximum Gasteiger partial charge on any atom is 0.207 e. The van der Waals surface area contributed by atoms with Crippen LogP contribution in [-0.4, -0.2) is 60.8 Å². The fourth-order valence-electron chi connectivity index (χ4n) is 3.54. The summed E-state index contributed by atoms with van der Waals surface area (Å²) in [6, 6.07) is 5.54. The number of pyridine rings is 1. The number of aliphatic hydroxyl groups is 3. The molecule has 10 heteroatoms. The highest BCUT2D eigenvalue weighted by Crippen LogP contribution is 2.37. The van der Waals surface area contributed by atoms with E-state index in [0.29, 0.717) is 38.7 Å². The van der Waals surface area contributed by atoms with Crippen molar-refractivity contribution in [2.45, 2.75) is 43.4 Å². The molecular formula is C18H18Cl2N4O4. The molecule has 2 fully saturated rings. The predicted molar refractivity (Wildman–Crippen MR) is 105 cm³/mol. The summed E-state index contributed by atoms with van der Waals surface area (Å²) in [5.74, 6) is 0.493. The SMILES string of the molecule is OC[C@H]1O[C@@H](n2c(NC3CC3)nc3nc4cc(Cl)c(Cl)cc4cc32)[C@H](O)[C@@H]1O. The van der Waals surface area contributed by atoms with E-state index in [9.17, 15) is 15.3 Å². The number of nitrogens with zero attached hydrogens (tertiary/aromatic N) is 3. The average molecular weight is 425 g/mol. The Morgan fingerprint density at radius 2 is 1.86 bits per heavy atom. The second-order valence-electron chi connectivity index (χ2n) is 7.24. The van der Waals surface area contributed by atoms with Crippen molar-refractivity contribution in [3.63, 3.8) is 0 Å². The number of rotatable bonds is 4. The molecule has 4 N–H and O–H groups in total. The minimum Gasteiger partial charge on any atom is -0.394 e. The molecule has 4 atom stereocenters. The number of anilines is 1. The number of benzene rings is 1. The van der Waals surface area contributed by atoms with Gasteiger partial charge in [-0.05, 0) is 31.0 Å². The number of nitrogens with one attached hydrogen (secondary N) is 1. The van der Waals surface area contributed by atoms with Gasteiger partial charge in [0.25, 0.3) is 0 Å². The third-order valence-electron chi connectivity index (χ3n) is 5.20. The van der Waals surface area contributed by atoms with Crippen molar-refractivity contribution in [1.82, 2.24) is 14.5 Å². The molecule has 1 aliphatic carbocycles. The Hall–Kier alpha value is -1.68. The monoisotopic (exact) mass is 424 g/mol. The Morgan fingerprint density at radius 1 is 1.11 bits per heavy atom. The maximum atomic E-state index is 10.5. The van der Waals surface area contributed by atoms with Gasteiger partial charge in [-0.2, -0.15) is 4.98 Å². The maximum absolute atomic E-state index is 10.5. The summed E-state index contributed by atoms with van der Waals surface area (Å²) < 4.78 is 7.43. The minimum atomic E-state index is -1.22. The topological polar surface area (TPSA) is 113 Å². The minimum absolute atomic E-state index is 0.297. The first kappa shape index (κ1) is 18.4. The number of imidazole rings is 1. The lowest BCUT2D eigenvalue weighted by Crippen LogP contribution is -2.33. The van der Waals surface area contributed by atoms with E-state index in [1.54, 1.807) is 16.7 Å². The van der Waals surface area contributed by atoms with Crippen molar-refractivity contribution in [2.75, 3.05) is 11.9 Å². The molecule has 1 saturated heterocycles. The van der Waals surface area contributed by atoms with Crippen molar-refractivity contribution in [2.24, 2.45) is 0 Å². The number of fused-ring (bicyclic) bond motifs is 2. The lowest BCUT2D eigenvalue weighted by molar-refractivity contribution is -0.0499. The van der Waals surface area contributed by atoms with E-state index in [1.807, 2.05) is 6.07 Å². The molecule has 1 saturated carbocycles. The van der Waals surface area contributed by atoms with Crippen LogP contribution < -0.4 is 5.32 Å². The van der Waals surface area contributed by atoms with Gasteiger partial charge in [0, 0.05) is 11.4 Å². The van der Waals surface area contributed by atoms with Gasteiger partial charge in [-0.3, -0.25) is 4.57 Å². The molecule has 2 aromatic heterocycles. The van der Waals surface area contributed by atoms with Crippen LogP contribution in [0.5, 0.6) is 0 Å². The molecule has 3 heterocycles.